The van der Waals surface area contributed by atoms with Crippen LogP contribution < -0.4 is 48.3 Å². The van der Waals surface area contributed by atoms with E-state index in [0.717, 1.165) is 39.6 Å². The van der Waals surface area contributed by atoms with Crippen LogP contribution in [0.15, 0.2) is 115 Å². The number of primary amides is 1. The third-order valence-electron chi connectivity index (χ3n) is 20.7. The topological polar surface area (TPSA) is 469 Å². The summed E-state index contributed by atoms with van der Waals surface area (Å²) in [5.74, 6) is -17.5. The Morgan fingerprint density at radius 2 is 1.02 bits per heavy atom. The van der Waals surface area contributed by atoms with Gasteiger partial charge < -0.3 is 83.2 Å². The number of carboxylic acids is 1. The maximum absolute atomic E-state index is 15.2. The van der Waals surface area contributed by atoms with Crippen LogP contribution in [-0.2, 0) is 96.0 Å². The van der Waals surface area contributed by atoms with Gasteiger partial charge in [-0.2, -0.15) is 11.8 Å². The van der Waals surface area contributed by atoms with E-state index in [0.29, 0.717) is 23.1 Å². The summed E-state index contributed by atoms with van der Waals surface area (Å²) in [6, 6.07) is 17.2. The molecule has 0 aliphatic carbocycles. The number of hydrogen-bond donors (Lipinski definition) is 12. The molecule has 3 saturated heterocycles. The molecule has 33 heteroatoms. The minimum absolute atomic E-state index is 0.0170. The van der Waals surface area contributed by atoms with E-state index in [1.165, 1.54) is 51.6 Å². The number of thioether (sulfide) groups is 1. The van der Waals surface area contributed by atoms with Gasteiger partial charge in [-0.15, -0.1) is 0 Å². The SMILES string of the molecule is CC(C)[C@@H]1NC(=O)[C@H](Cc2ccccc2)CC(=O)CSC[C@@H](C(=O)NCC(N)=O)CC(=O)[C@@H]2CCCN2C(=O)[C@H](C)NC(=O)[C@H](CCC(=O)O)NC(=O)[C@H](C)N(C)C(=O)[C@H](Cc2ccc(-c3ccccc3)cc2)NC(=O)[C@H](Cc2ccccc2)N(C)C(=O)[C@H](C)NC(=O)[C@H]([C@@H](C)O)NC(=O)[C@H]([C@@H](C)O)NC(=O)[C@@H]2CCCN2C1=O. The summed E-state index contributed by atoms with van der Waals surface area (Å²) >= 11 is 0.956. The van der Waals surface area contributed by atoms with Crippen molar-refractivity contribution in [2.45, 2.75) is 198 Å². The molecule has 7 rings (SSSR count). The second-order valence-electron chi connectivity index (χ2n) is 29.8. The van der Waals surface area contributed by atoms with Crippen molar-refractivity contribution >= 4 is 106 Å². The highest BCUT2D eigenvalue weighted by atomic mass is 32.2. The molecule has 0 radical (unpaired) electrons. The number of rotatable bonds is 16. The normalized spacial score (nSPS) is 26.1. The summed E-state index contributed by atoms with van der Waals surface area (Å²) in [4.78, 5) is 232. The van der Waals surface area contributed by atoms with Gasteiger partial charge >= 0.3 is 5.97 Å². The minimum atomic E-state index is -1.86. The fraction of sp³-hybridized carbons (Fsp3) is 0.506. The number of carbonyl (C=O) groups excluding carboxylic acids is 15. The summed E-state index contributed by atoms with van der Waals surface area (Å²) in [6.07, 6.45) is -5.04. The first-order valence-electron chi connectivity index (χ1n) is 38.3. The van der Waals surface area contributed by atoms with E-state index >= 15 is 9.59 Å². The zero-order valence-electron chi connectivity index (χ0n) is 65.7. The zero-order chi connectivity index (χ0) is 83.8. The van der Waals surface area contributed by atoms with Gasteiger partial charge in [0.25, 0.3) is 0 Å². The van der Waals surface area contributed by atoms with Crippen molar-refractivity contribution in [1.29, 1.82) is 0 Å². The van der Waals surface area contributed by atoms with Crippen molar-refractivity contribution in [3.05, 3.63) is 132 Å². The summed E-state index contributed by atoms with van der Waals surface area (Å²) in [7, 11) is 2.54. The van der Waals surface area contributed by atoms with E-state index in [1.807, 2.05) is 30.3 Å². The Hall–Kier alpha value is -10.9. The molecule has 4 aromatic rings. The van der Waals surface area contributed by atoms with Crippen LogP contribution in [0, 0.1) is 17.8 Å². The predicted octanol–water partition coefficient (Wildman–Crippen LogP) is 0.252. The second-order valence-corrected chi connectivity index (χ2v) is 30.9. The molecule has 3 heterocycles. The Labute approximate surface area is 666 Å². The number of nitrogens with two attached hydrogens (primary N) is 1. The monoisotopic (exact) mass is 1600 g/mol. The van der Waals surface area contributed by atoms with Crippen LogP contribution in [-0.4, -0.2) is 253 Å². The Morgan fingerprint density at radius 1 is 0.518 bits per heavy atom. The van der Waals surface area contributed by atoms with Crippen molar-refractivity contribution in [3.63, 3.8) is 0 Å². The molecule has 0 aromatic heterocycles. The lowest BCUT2D eigenvalue weighted by atomic mass is 9.92. The number of carboxylic acid groups (broad SMARTS) is 1. The quantitative estimate of drug-likeness (QED) is 0.0715. The van der Waals surface area contributed by atoms with Gasteiger partial charge in [-0.25, -0.2) is 0 Å². The maximum atomic E-state index is 15.2. The average Bonchev–Trinajstić information content (AvgIpc) is 1.31. The Balaban J connectivity index is 1.23. The van der Waals surface area contributed by atoms with Gasteiger partial charge in [0.2, 0.25) is 76.8 Å². The smallest absolute Gasteiger partial charge is 0.303 e. The third kappa shape index (κ3) is 25.5. The van der Waals surface area contributed by atoms with Crippen LogP contribution in [0.1, 0.15) is 117 Å². The first-order chi connectivity index (χ1) is 54.0. The van der Waals surface area contributed by atoms with Crippen LogP contribution in [0.3, 0.4) is 0 Å². The van der Waals surface area contributed by atoms with Crippen LogP contribution in [0.5, 0.6) is 0 Å². The van der Waals surface area contributed by atoms with Crippen molar-refractivity contribution in [2.75, 3.05) is 45.2 Å². The van der Waals surface area contributed by atoms with Crippen molar-refractivity contribution in [2.24, 2.45) is 23.5 Å². The first-order valence-corrected chi connectivity index (χ1v) is 39.5. The standard InChI is InChI=1S/C81H107N13O19S/c1-45(2)67-81(113)94-36-20-28-62(94)74(106)89-69(50(7)96)77(109)90-68(49(6)95)76(108)85-46(3)78(110)92(9)63(39-52-23-15-11-16-24-52)75(107)87-60(38-53-29-31-55(32-30-53)54-25-17-12-18-26-54)80(112)91(8)48(5)70(102)86-59(33-34-66(100)101)73(105)84-47(4)79(111)93-35-19-27-61(93)64(98)41-57(71(103)83-42-65(82)99)43-114-44-58(97)40-56(72(104)88-67)37-51-21-13-10-14-22-51/h10-18,21-26,29-32,45-50,56-57,59-63,67-69,95-96H,19-20,27-28,33-44H2,1-9H3,(H2,82,99)(H,83,103)(H,84,105)(H,85,108)(H,86,102)(H,87,107)(H,88,104)(H,89,106)(H,90,109)(H,100,101)/t46-,47-,48-,49+,50+,56+,57-,59-,60-,61-,62-,63-,67-,68-,69-/m0/s1. The molecule has 3 aliphatic heterocycles. The molecule has 3 fully saturated rings. The number of aliphatic carboxylic acids is 1. The number of nitrogens with one attached hydrogen (secondary N) is 8. The highest BCUT2D eigenvalue weighted by Crippen LogP contribution is 2.28. The van der Waals surface area contributed by atoms with Crippen molar-refractivity contribution in [1.82, 2.24) is 62.1 Å². The average molecular weight is 1600 g/mol. The van der Waals surface area contributed by atoms with E-state index in [9.17, 15) is 82.4 Å². The van der Waals surface area contributed by atoms with E-state index in [-0.39, 0.29) is 69.5 Å². The number of carbonyl (C=O) groups is 16. The van der Waals surface area contributed by atoms with E-state index in [4.69, 9.17) is 5.73 Å². The number of aliphatic hydroxyl groups is 2. The molecule has 13 N–H and O–H groups in total. The second kappa shape index (κ2) is 42.8. The molecule has 0 bridgehead atoms. The molecule has 0 unspecified atom stereocenters. The van der Waals surface area contributed by atoms with Crippen LogP contribution in [0.25, 0.3) is 11.1 Å². The summed E-state index contributed by atoms with van der Waals surface area (Å²) in [5, 5.41) is 52.5. The minimum Gasteiger partial charge on any atom is -0.481 e. The van der Waals surface area contributed by atoms with E-state index < -0.39 is 217 Å². The van der Waals surface area contributed by atoms with Crippen molar-refractivity contribution < 1.29 is 92.0 Å². The third-order valence-corrected chi connectivity index (χ3v) is 21.8. The van der Waals surface area contributed by atoms with E-state index in [1.54, 1.807) is 98.8 Å². The molecular formula is C81H107N13O19S. The molecule has 15 atom stereocenters. The molecule has 4 aromatic carbocycles. The summed E-state index contributed by atoms with van der Waals surface area (Å²) in [6.45, 7) is 8.98. The molecule has 3 aliphatic rings. The molecule has 32 nitrogen and oxygen atoms in total. The molecule has 616 valence electrons. The number of amides is 13. The maximum Gasteiger partial charge on any atom is 0.303 e. The van der Waals surface area contributed by atoms with Crippen LogP contribution in [0.2, 0.25) is 0 Å². The Bertz CT molecular complexity index is 4100. The van der Waals surface area contributed by atoms with Gasteiger partial charge in [0.1, 0.15) is 66.2 Å². The molecule has 114 heavy (non-hydrogen) atoms. The van der Waals surface area contributed by atoms with Gasteiger partial charge in [0.05, 0.1) is 36.5 Å². The number of benzene rings is 4. The molecule has 0 spiro atoms. The van der Waals surface area contributed by atoms with Crippen LogP contribution >= 0.6 is 11.8 Å². The highest BCUT2D eigenvalue weighted by Gasteiger charge is 2.44. The molecule has 0 saturated carbocycles. The fourth-order valence-corrected chi connectivity index (χ4v) is 15.0. The predicted molar refractivity (Wildman–Crippen MR) is 420 cm³/mol. The Morgan fingerprint density at radius 3 is 1.59 bits per heavy atom. The lowest BCUT2D eigenvalue weighted by Crippen LogP contribution is -2.63. The number of ketones is 2. The van der Waals surface area contributed by atoms with Gasteiger partial charge in [0, 0.05) is 71.0 Å². The van der Waals surface area contributed by atoms with Gasteiger partial charge in [-0.3, -0.25) is 76.7 Å². The Kier molecular flexibility index (Phi) is 33.9. The van der Waals surface area contributed by atoms with Gasteiger partial charge in [-0.1, -0.05) is 129 Å². The largest absolute Gasteiger partial charge is 0.481 e. The first kappa shape index (κ1) is 90.3. The number of Topliss-reactive ketones (excluding diaryl/α,β-unsaturated/α-hetero) is 2. The van der Waals surface area contributed by atoms with Crippen molar-refractivity contribution in [3.8, 4) is 11.1 Å². The van der Waals surface area contributed by atoms with Gasteiger partial charge in [0.15, 0.2) is 5.78 Å². The van der Waals surface area contributed by atoms with Gasteiger partial charge in [-0.05, 0) is 107 Å². The van der Waals surface area contributed by atoms with Crippen LogP contribution in [0.4, 0.5) is 0 Å². The highest BCUT2D eigenvalue weighted by molar-refractivity contribution is 8.00. The number of fused-ring (bicyclic) bond motifs is 2. The molecular weight excluding hydrogens is 1490 g/mol. The lowest BCUT2D eigenvalue weighted by Gasteiger charge is -2.34. The number of aliphatic hydroxyl groups excluding tert-OH is 2. The number of nitrogens with zero attached hydrogens (tertiary/aromatic N) is 4. The zero-order valence-corrected chi connectivity index (χ0v) is 66.5. The summed E-state index contributed by atoms with van der Waals surface area (Å²) in [5.41, 5.74) is 8.78. The number of hydrogen-bond acceptors (Lipinski definition) is 19. The number of likely N-dealkylation sites (N-methyl/N-ethyl adjacent to an activating group) is 2. The van der Waals surface area contributed by atoms with E-state index in [2.05, 4.69) is 42.5 Å². The lowest BCUT2D eigenvalue weighted by molar-refractivity contribution is -0.145. The summed E-state index contributed by atoms with van der Waals surface area (Å²) < 4.78 is 0. The molecule has 13 amide bonds. The fourth-order valence-electron chi connectivity index (χ4n) is 14.0.